The van der Waals surface area contributed by atoms with E-state index in [1.165, 1.54) is 0 Å². The van der Waals surface area contributed by atoms with E-state index in [1.807, 2.05) is 24.3 Å². The predicted octanol–water partition coefficient (Wildman–Crippen LogP) is 3.92. The summed E-state index contributed by atoms with van der Waals surface area (Å²) in [7, 11) is 0. The minimum Gasteiger partial charge on any atom is -0.343 e. The van der Waals surface area contributed by atoms with Crippen LogP contribution < -0.4 is 10.6 Å². The van der Waals surface area contributed by atoms with Crippen LogP contribution in [0, 0.1) is 0 Å². The molecule has 138 valence electrons. The van der Waals surface area contributed by atoms with Crippen LogP contribution in [-0.2, 0) is 17.8 Å². The van der Waals surface area contributed by atoms with Crippen molar-refractivity contribution in [3.8, 4) is 0 Å². The molecule has 2 aromatic carbocycles. The smallest absolute Gasteiger partial charge is 0.296 e. The van der Waals surface area contributed by atoms with Gasteiger partial charge in [-0.15, -0.1) is 0 Å². The maximum absolute atomic E-state index is 13.1. The van der Waals surface area contributed by atoms with Crippen molar-refractivity contribution in [2.75, 3.05) is 18.4 Å². The lowest BCUT2D eigenvalue weighted by atomic mass is 10.0. The second-order valence-electron chi connectivity index (χ2n) is 6.38. The van der Waals surface area contributed by atoms with Crippen molar-refractivity contribution in [2.45, 2.75) is 13.0 Å². The molecule has 0 atom stereocenters. The average molecular weight is 402 g/mol. The maximum Gasteiger partial charge on any atom is 0.296 e. The summed E-state index contributed by atoms with van der Waals surface area (Å²) < 4.78 is 2.13. The van der Waals surface area contributed by atoms with Crippen LogP contribution in [0.1, 0.15) is 16.1 Å². The fourth-order valence-electron chi connectivity index (χ4n) is 3.54. The van der Waals surface area contributed by atoms with Gasteiger partial charge in [0.2, 0.25) is 0 Å². The van der Waals surface area contributed by atoms with E-state index in [1.54, 1.807) is 18.2 Å². The zero-order chi connectivity index (χ0) is 19.0. The van der Waals surface area contributed by atoms with Gasteiger partial charge in [0.1, 0.15) is 0 Å². The first-order valence-electron chi connectivity index (χ1n) is 8.68. The lowest BCUT2D eigenvalue weighted by molar-refractivity contribution is -0.112. The number of aromatic nitrogens is 1. The number of Topliss-reactive ketones (excluding diaryl/α,β-unsaturated/α-hetero) is 1. The van der Waals surface area contributed by atoms with Crippen LogP contribution in [0.3, 0.4) is 0 Å². The van der Waals surface area contributed by atoms with E-state index in [0.717, 1.165) is 36.2 Å². The molecule has 3 aromatic rings. The first kappa shape index (κ1) is 18.0. The summed E-state index contributed by atoms with van der Waals surface area (Å²) in [5, 5.41) is 7.25. The van der Waals surface area contributed by atoms with E-state index in [0.29, 0.717) is 22.7 Å². The molecule has 7 heteroatoms. The number of hydrogen-bond donors (Lipinski definition) is 2. The summed E-state index contributed by atoms with van der Waals surface area (Å²) in [5.74, 6) is -1.30. The van der Waals surface area contributed by atoms with Gasteiger partial charge >= 0.3 is 0 Å². The summed E-state index contributed by atoms with van der Waals surface area (Å²) in [5.41, 5.74) is 2.63. The van der Waals surface area contributed by atoms with Gasteiger partial charge < -0.3 is 15.2 Å². The summed E-state index contributed by atoms with van der Waals surface area (Å²) in [6, 6.07) is 12.6. The molecular formula is C20H17Cl2N3O2. The molecule has 0 unspecified atom stereocenters. The quantitative estimate of drug-likeness (QED) is 0.516. The van der Waals surface area contributed by atoms with Gasteiger partial charge in [-0.2, -0.15) is 0 Å². The number of nitrogens with zero attached hydrogens (tertiary/aromatic N) is 1. The Kier molecular flexibility index (Phi) is 4.91. The number of rotatable bonds is 3. The Bertz CT molecular complexity index is 1060. The predicted molar refractivity (Wildman–Crippen MR) is 108 cm³/mol. The standard InChI is InChI=1S/C20H17Cl2N3O2/c21-13-5-3-6-14(18(13)22)24-20(27)19(26)17-12-4-1-2-7-15(12)25-11-10-23-9-8-16(17)25/h1-7,23H,8-11H2,(H,24,27). The van der Waals surface area contributed by atoms with Crippen molar-refractivity contribution in [1.29, 1.82) is 0 Å². The highest BCUT2D eigenvalue weighted by Gasteiger charge is 2.27. The number of hydrogen-bond acceptors (Lipinski definition) is 3. The van der Waals surface area contributed by atoms with Crippen molar-refractivity contribution < 1.29 is 9.59 Å². The molecule has 0 bridgehead atoms. The number of halogens is 2. The number of benzene rings is 2. The lowest BCUT2D eigenvalue weighted by Gasteiger charge is -2.09. The van der Waals surface area contributed by atoms with Crippen LogP contribution in [0.25, 0.3) is 10.9 Å². The number of ketones is 1. The van der Waals surface area contributed by atoms with Gasteiger partial charge in [-0.25, -0.2) is 0 Å². The molecule has 2 N–H and O–H groups in total. The molecule has 0 aliphatic carbocycles. The van der Waals surface area contributed by atoms with E-state index < -0.39 is 11.7 Å². The average Bonchev–Trinajstić information content (AvgIpc) is 2.81. The molecule has 0 spiro atoms. The maximum atomic E-state index is 13.1. The molecule has 1 aliphatic heterocycles. The highest BCUT2D eigenvalue weighted by Crippen LogP contribution is 2.31. The van der Waals surface area contributed by atoms with Crippen LogP contribution >= 0.6 is 23.2 Å². The molecule has 1 aliphatic rings. The molecule has 0 fully saturated rings. The second-order valence-corrected chi connectivity index (χ2v) is 7.16. The number of amides is 1. The number of para-hydroxylation sites is 1. The van der Waals surface area contributed by atoms with Gasteiger partial charge in [0, 0.05) is 42.7 Å². The van der Waals surface area contributed by atoms with Crippen LogP contribution in [0.2, 0.25) is 10.0 Å². The summed E-state index contributed by atoms with van der Waals surface area (Å²) in [6.07, 6.45) is 0.682. The molecule has 4 rings (SSSR count). The zero-order valence-electron chi connectivity index (χ0n) is 14.4. The summed E-state index contributed by atoms with van der Waals surface area (Å²) >= 11 is 12.1. The SMILES string of the molecule is O=C(Nc1cccc(Cl)c1Cl)C(=O)c1c2n(c3ccccc13)CCNCC2. The number of nitrogens with one attached hydrogen (secondary N) is 2. The van der Waals surface area contributed by atoms with E-state index >= 15 is 0 Å². The molecule has 0 radical (unpaired) electrons. The largest absolute Gasteiger partial charge is 0.343 e. The lowest BCUT2D eigenvalue weighted by Crippen LogP contribution is -2.24. The van der Waals surface area contributed by atoms with Crippen molar-refractivity contribution in [2.24, 2.45) is 0 Å². The van der Waals surface area contributed by atoms with Gasteiger partial charge in [0.15, 0.2) is 0 Å². The minimum absolute atomic E-state index is 0.213. The van der Waals surface area contributed by atoms with Gasteiger partial charge in [-0.3, -0.25) is 9.59 Å². The van der Waals surface area contributed by atoms with Crippen LogP contribution in [-0.4, -0.2) is 29.3 Å². The molecule has 0 saturated heterocycles. The Morgan fingerprint density at radius 2 is 1.85 bits per heavy atom. The van der Waals surface area contributed by atoms with Crippen LogP contribution in [0.4, 0.5) is 5.69 Å². The molecule has 27 heavy (non-hydrogen) atoms. The first-order valence-corrected chi connectivity index (χ1v) is 9.44. The van der Waals surface area contributed by atoms with E-state index in [2.05, 4.69) is 15.2 Å². The molecule has 1 amide bonds. The fraction of sp³-hybridized carbons (Fsp3) is 0.200. The van der Waals surface area contributed by atoms with E-state index in [9.17, 15) is 9.59 Å². The second kappa shape index (κ2) is 7.35. The fourth-order valence-corrected chi connectivity index (χ4v) is 3.89. The van der Waals surface area contributed by atoms with Crippen molar-refractivity contribution in [3.63, 3.8) is 0 Å². The third kappa shape index (κ3) is 3.23. The minimum atomic E-state index is -0.726. The molecular weight excluding hydrogens is 385 g/mol. The summed E-state index contributed by atoms with van der Waals surface area (Å²) in [4.78, 5) is 25.8. The number of carbonyl (C=O) groups excluding carboxylic acids is 2. The monoisotopic (exact) mass is 401 g/mol. The topological polar surface area (TPSA) is 63.1 Å². The number of anilines is 1. The Morgan fingerprint density at radius 1 is 1.04 bits per heavy atom. The summed E-state index contributed by atoms with van der Waals surface area (Å²) in [6.45, 7) is 2.34. The number of fused-ring (bicyclic) bond motifs is 3. The van der Waals surface area contributed by atoms with E-state index in [-0.39, 0.29) is 5.02 Å². The normalized spacial score (nSPS) is 13.9. The molecule has 1 aromatic heterocycles. The van der Waals surface area contributed by atoms with Crippen molar-refractivity contribution >= 4 is 51.5 Å². The van der Waals surface area contributed by atoms with Gasteiger partial charge in [0.05, 0.1) is 21.3 Å². The van der Waals surface area contributed by atoms with Gasteiger partial charge in [-0.05, 0) is 18.2 Å². The Labute approximate surface area is 166 Å². The molecule has 5 nitrogen and oxygen atoms in total. The molecule has 2 heterocycles. The zero-order valence-corrected chi connectivity index (χ0v) is 15.9. The van der Waals surface area contributed by atoms with Gasteiger partial charge in [-0.1, -0.05) is 47.5 Å². The van der Waals surface area contributed by atoms with Gasteiger partial charge in [0.25, 0.3) is 11.7 Å². The Hall–Kier alpha value is -2.34. The van der Waals surface area contributed by atoms with Crippen molar-refractivity contribution in [1.82, 2.24) is 9.88 Å². The number of carbonyl (C=O) groups is 2. The van der Waals surface area contributed by atoms with Crippen LogP contribution in [0.5, 0.6) is 0 Å². The van der Waals surface area contributed by atoms with Crippen molar-refractivity contribution in [3.05, 3.63) is 63.8 Å². The Balaban J connectivity index is 1.75. The third-order valence-corrected chi connectivity index (χ3v) is 5.58. The third-order valence-electron chi connectivity index (χ3n) is 4.76. The van der Waals surface area contributed by atoms with Crippen LogP contribution in [0.15, 0.2) is 42.5 Å². The first-order chi connectivity index (χ1) is 13.1. The Morgan fingerprint density at radius 3 is 2.70 bits per heavy atom. The highest BCUT2D eigenvalue weighted by molar-refractivity contribution is 6.50. The highest BCUT2D eigenvalue weighted by atomic mass is 35.5. The van der Waals surface area contributed by atoms with E-state index in [4.69, 9.17) is 23.2 Å². The molecule has 0 saturated carbocycles.